The van der Waals surface area contributed by atoms with Gasteiger partial charge in [0.2, 0.25) is 0 Å². The third kappa shape index (κ3) is 4.20. The molecule has 7 heteroatoms. The van der Waals surface area contributed by atoms with Crippen molar-refractivity contribution in [2.75, 3.05) is 25.6 Å². The van der Waals surface area contributed by atoms with Crippen LogP contribution in [-0.2, 0) is 4.74 Å². The number of nitrogens with one attached hydrogen (secondary N) is 2. The number of nitrogens with zero attached hydrogens (tertiary/aromatic N) is 1. The van der Waals surface area contributed by atoms with E-state index in [4.69, 9.17) is 9.47 Å². The quantitative estimate of drug-likeness (QED) is 0.882. The molecule has 6 nitrogen and oxygen atoms in total. The Kier molecular flexibility index (Phi) is 5.09. The van der Waals surface area contributed by atoms with Gasteiger partial charge in [-0.1, -0.05) is 0 Å². The van der Waals surface area contributed by atoms with Crippen LogP contribution in [0.15, 0.2) is 29.6 Å². The van der Waals surface area contributed by atoms with Crippen LogP contribution in [-0.4, -0.2) is 37.4 Å². The molecule has 1 saturated heterocycles. The number of carbonyl (C=O) groups is 1. The predicted octanol–water partition coefficient (Wildman–Crippen LogP) is 3.12. The van der Waals surface area contributed by atoms with Gasteiger partial charge in [0, 0.05) is 24.1 Å². The summed E-state index contributed by atoms with van der Waals surface area (Å²) in [5, 5.41) is 8.05. The Morgan fingerprint density at radius 3 is 2.96 bits per heavy atom. The summed E-state index contributed by atoms with van der Waals surface area (Å²) in [4.78, 5) is 16.3. The van der Waals surface area contributed by atoms with Gasteiger partial charge in [-0.15, -0.1) is 11.3 Å². The summed E-state index contributed by atoms with van der Waals surface area (Å²) in [5.74, 6) is 0.802. The molecule has 1 unspecified atom stereocenters. The van der Waals surface area contributed by atoms with Crippen molar-refractivity contribution in [3.05, 3.63) is 29.6 Å². The first-order valence-electron chi connectivity index (χ1n) is 7.51. The fraction of sp³-hybridized carbons (Fsp3) is 0.375. The molecule has 1 fully saturated rings. The molecule has 122 valence electrons. The molecule has 0 bridgehead atoms. The number of carbonyl (C=O) groups excluding carboxylic acids is 1. The number of aromatic nitrogens is 1. The largest absolute Gasteiger partial charge is 0.497 e. The van der Waals surface area contributed by atoms with E-state index in [0.29, 0.717) is 11.7 Å². The molecule has 1 aromatic carbocycles. The summed E-state index contributed by atoms with van der Waals surface area (Å²) >= 11 is 1.40. The number of benzene rings is 1. The highest BCUT2D eigenvalue weighted by molar-refractivity contribution is 7.14. The van der Waals surface area contributed by atoms with Gasteiger partial charge in [-0.25, -0.2) is 9.78 Å². The summed E-state index contributed by atoms with van der Waals surface area (Å²) in [6, 6.07) is 7.40. The molecule has 0 aliphatic carbocycles. The van der Waals surface area contributed by atoms with Gasteiger partial charge >= 0.3 is 6.03 Å². The van der Waals surface area contributed by atoms with Crippen LogP contribution in [0.4, 0.5) is 9.93 Å². The lowest BCUT2D eigenvalue weighted by Crippen LogP contribution is -2.34. The van der Waals surface area contributed by atoms with E-state index in [0.717, 1.165) is 36.5 Å². The highest BCUT2D eigenvalue weighted by Gasteiger charge is 2.16. The van der Waals surface area contributed by atoms with Crippen molar-refractivity contribution in [2.24, 2.45) is 0 Å². The lowest BCUT2D eigenvalue weighted by Gasteiger charge is -2.10. The Hall–Kier alpha value is -2.12. The number of hydrogen-bond donors (Lipinski definition) is 2. The average Bonchev–Trinajstić information content (AvgIpc) is 3.25. The van der Waals surface area contributed by atoms with Gasteiger partial charge in [-0.05, 0) is 37.1 Å². The van der Waals surface area contributed by atoms with Crippen LogP contribution in [0.2, 0.25) is 0 Å². The molecule has 0 spiro atoms. The highest BCUT2D eigenvalue weighted by Crippen LogP contribution is 2.26. The van der Waals surface area contributed by atoms with Gasteiger partial charge in [-0.3, -0.25) is 5.32 Å². The van der Waals surface area contributed by atoms with Crippen LogP contribution >= 0.6 is 11.3 Å². The lowest BCUT2D eigenvalue weighted by atomic mass is 10.2. The van der Waals surface area contributed by atoms with E-state index in [1.165, 1.54) is 11.3 Å². The number of anilines is 1. The number of methoxy groups -OCH3 is 1. The molecule has 2 heterocycles. The van der Waals surface area contributed by atoms with Crippen molar-refractivity contribution in [1.82, 2.24) is 10.3 Å². The average molecular weight is 333 g/mol. The summed E-state index contributed by atoms with van der Waals surface area (Å²) in [6.07, 6.45) is 2.19. The van der Waals surface area contributed by atoms with Crippen LogP contribution in [0.3, 0.4) is 0 Å². The fourth-order valence-corrected chi connectivity index (χ4v) is 3.09. The Morgan fingerprint density at radius 2 is 2.26 bits per heavy atom. The van der Waals surface area contributed by atoms with Gasteiger partial charge in [0.1, 0.15) is 5.75 Å². The van der Waals surface area contributed by atoms with Gasteiger partial charge in [0.05, 0.1) is 18.9 Å². The molecule has 1 aromatic heterocycles. The summed E-state index contributed by atoms with van der Waals surface area (Å²) < 4.78 is 10.6. The van der Waals surface area contributed by atoms with Crippen molar-refractivity contribution >= 4 is 22.5 Å². The van der Waals surface area contributed by atoms with Crippen LogP contribution < -0.4 is 15.4 Å². The van der Waals surface area contributed by atoms with Crippen molar-refractivity contribution in [2.45, 2.75) is 18.9 Å². The fourth-order valence-electron chi connectivity index (χ4n) is 2.38. The first-order chi connectivity index (χ1) is 11.2. The summed E-state index contributed by atoms with van der Waals surface area (Å²) in [6.45, 7) is 1.31. The van der Waals surface area contributed by atoms with E-state index < -0.39 is 0 Å². The molecule has 2 amide bonds. The minimum absolute atomic E-state index is 0.131. The maximum Gasteiger partial charge on any atom is 0.321 e. The number of hydrogen-bond acceptors (Lipinski definition) is 5. The standard InChI is InChI=1S/C16H19N3O3S/c1-21-12-6-4-11(5-7-12)14-10-23-16(18-14)19-15(20)17-9-13-3-2-8-22-13/h4-7,10,13H,2-3,8-9H2,1H3,(H2,17,18,19,20). The Morgan fingerprint density at radius 1 is 1.43 bits per heavy atom. The first-order valence-corrected chi connectivity index (χ1v) is 8.39. The Labute approximate surface area is 138 Å². The van der Waals surface area contributed by atoms with Gasteiger partial charge in [0.25, 0.3) is 0 Å². The number of thiazole rings is 1. The molecule has 2 N–H and O–H groups in total. The number of urea groups is 1. The van der Waals surface area contributed by atoms with Crippen molar-refractivity contribution in [1.29, 1.82) is 0 Å². The van der Waals surface area contributed by atoms with Crippen LogP contribution in [0.25, 0.3) is 11.3 Å². The van der Waals surface area contributed by atoms with Crippen molar-refractivity contribution in [3.63, 3.8) is 0 Å². The van der Waals surface area contributed by atoms with E-state index in [1.807, 2.05) is 29.6 Å². The van der Waals surface area contributed by atoms with E-state index in [2.05, 4.69) is 15.6 Å². The molecule has 1 aliphatic rings. The van der Waals surface area contributed by atoms with Crippen LogP contribution in [0, 0.1) is 0 Å². The van der Waals surface area contributed by atoms with Gasteiger partial charge < -0.3 is 14.8 Å². The smallest absolute Gasteiger partial charge is 0.321 e. The van der Waals surface area contributed by atoms with Crippen LogP contribution in [0.1, 0.15) is 12.8 Å². The molecular weight excluding hydrogens is 314 g/mol. The second kappa shape index (κ2) is 7.43. The zero-order valence-electron chi connectivity index (χ0n) is 12.9. The third-order valence-electron chi connectivity index (χ3n) is 3.62. The van der Waals surface area contributed by atoms with E-state index in [9.17, 15) is 4.79 Å². The van der Waals surface area contributed by atoms with Crippen molar-refractivity contribution in [3.8, 4) is 17.0 Å². The Bertz CT molecular complexity index is 651. The zero-order chi connectivity index (χ0) is 16.1. The SMILES string of the molecule is COc1ccc(-c2csc(NC(=O)NCC3CCCO3)n2)cc1. The molecule has 2 aromatic rings. The number of ether oxygens (including phenoxy) is 2. The van der Waals surface area contributed by atoms with E-state index >= 15 is 0 Å². The van der Waals surface area contributed by atoms with Crippen molar-refractivity contribution < 1.29 is 14.3 Å². The lowest BCUT2D eigenvalue weighted by molar-refractivity contribution is 0.112. The second-order valence-electron chi connectivity index (χ2n) is 5.24. The molecule has 0 radical (unpaired) electrons. The molecule has 1 aliphatic heterocycles. The minimum atomic E-state index is -0.254. The van der Waals surface area contributed by atoms with E-state index in [-0.39, 0.29) is 12.1 Å². The topological polar surface area (TPSA) is 72.5 Å². The first kappa shape index (κ1) is 15.8. The highest BCUT2D eigenvalue weighted by atomic mass is 32.1. The monoisotopic (exact) mass is 333 g/mol. The second-order valence-corrected chi connectivity index (χ2v) is 6.09. The zero-order valence-corrected chi connectivity index (χ0v) is 13.7. The molecule has 3 rings (SSSR count). The van der Waals surface area contributed by atoms with Gasteiger partial charge in [0.15, 0.2) is 5.13 Å². The number of amides is 2. The predicted molar refractivity (Wildman–Crippen MR) is 90.1 cm³/mol. The summed E-state index contributed by atoms with van der Waals surface area (Å²) in [5.41, 5.74) is 1.81. The molecule has 0 saturated carbocycles. The minimum Gasteiger partial charge on any atom is -0.497 e. The maximum atomic E-state index is 11.9. The third-order valence-corrected chi connectivity index (χ3v) is 4.38. The normalized spacial score (nSPS) is 17.0. The van der Waals surface area contributed by atoms with Gasteiger partial charge in [-0.2, -0.15) is 0 Å². The molecule has 23 heavy (non-hydrogen) atoms. The molecular formula is C16H19N3O3S. The Balaban J connectivity index is 1.54. The van der Waals surface area contributed by atoms with Crippen LogP contribution in [0.5, 0.6) is 5.75 Å². The molecule has 1 atom stereocenters. The summed E-state index contributed by atoms with van der Waals surface area (Å²) in [7, 11) is 1.63. The maximum absolute atomic E-state index is 11.9. The van der Waals surface area contributed by atoms with E-state index in [1.54, 1.807) is 7.11 Å². The number of rotatable bonds is 5.